The van der Waals surface area contributed by atoms with Gasteiger partial charge < -0.3 is 34.8 Å². The maximum absolute atomic E-state index is 11.4. The van der Waals surface area contributed by atoms with Gasteiger partial charge in [-0.25, -0.2) is 4.79 Å². The van der Waals surface area contributed by atoms with E-state index in [9.17, 15) is 19.8 Å². The molecule has 1 aliphatic rings. The molecule has 0 aromatic carbocycles. The van der Waals surface area contributed by atoms with Crippen LogP contribution in [0.3, 0.4) is 0 Å². The molecule has 0 aromatic rings. The van der Waals surface area contributed by atoms with Crippen molar-refractivity contribution in [2.24, 2.45) is 0 Å². The molecule has 1 amide bonds. The van der Waals surface area contributed by atoms with Gasteiger partial charge in [0.15, 0.2) is 12.4 Å². The summed E-state index contributed by atoms with van der Waals surface area (Å²) >= 11 is 0. The first-order chi connectivity index (χ1) is 9.81. The first-order valence-electron chi connectivity index (χ1n) is 6.44. The fraction of sp³-hybridized carbons (Fsp3) is 0.833. The summed E-state index contributed by atoms with van der Waals surface area (Å²) in [6.45, 7) is 2.06. The fourth-order valence-electron chi connectivity index (χ4n) is 2.09. The zero-order valence-electron chi connectivity index (χ0n) is 12.1. The third-order valence-electron chi connectivity index (χ3n) is 3.14. The molecular formula is C12H21NO8. The van der Waals surface area contributed by atoms with Gasteiger partial charge >= 0.3 is 5.97 Å². The van der Waals surface area contributed by atoms with Crippen LogP contribution in [-0.2, 0) is 23.8 Å². The summed E-state index contributed by atoms with van der Waals surface area (Å²) in [4.78, 5) is 22.6. The largest absolute Gasteiger partial charge is 0.467 e. The van der Waals surface area contributed by atoms with Crippen molar-refractivity contribution in [3.8, 4) is 0 Å². The summed E-state index contributed by atoms with van der Waals surface area (Å²) in [5.41, 5.74) is 0. The molecule has 6 atom stereocenters. The van der Waals surface area contributed by atoms with Gasteiger partial charge in [0, 0.05) is 6.92 Å². The highest BCUT2D eigenvalue weighted by molar-refractivity contribution is 5.74. The number of carbonyl (C=O) groups excluding carboxylic acids is 2. The van der Waals surface area contributed by atoms with Gasteiger partial charge in [0.1, 0.15) is 24.4 Å². The second-order valence-corrected chi connectivity index (χ2v) is 4.73. The monoisotopic (exact) mass is 307 g/mol. The molecule has 0 unspecified atom stereocenters. The van der Waals surface area contributed by atoms with Crippen LogP contribution in [-0.4, -0.2) is 77.7 Å². The fourth-order valence-corrected chi connectivity index (χ4v) is 2.09. The normalized spacial score (nSPS) is 34.1. The average molecular weight is 307 g/mol. The molecule has 0 spiro atoms. The van der Waals surface area contributed by atoms with Gasteiger partial charge in [0.25, 0.3) is 0 Å². The van der Waals surface area contributed by atoms with E-state index >= 15 is 0 Å². The van der Waals surface area contributed by atoms with Crippen molar-refractivity contribution >= 4 is 11.9 Å². The van der Waals surface area contributed by atoms with Gasteiger partial charge in [-0.3, -0.25) is 4.79 Å². The topological polar surface area (TPSA) is 135 Å². The van der Waals surface area contributed by atoms with Crippen LogP contribution in [0.15, 0.2) is 0 Å². The van der Waals surface area contributed by atoms with Gasteiger partial charge in [-0.15, -0.1) is 0 Å². The molecule has 9 heteroatoms. The quantitative estimate of drug-likeness (QED) is 0.410. The molecule has 1 rings (SSSR count). The number of methoxy groups -OCH3 is 1. The molecular weight excluding hydrogens is 286 g/mol. The van der Waals surface area contributed by atoms with Crippen LogP contribution in [0.5, 0.6) is 0 Å². The number of amides is 1. The Morgan fingerprint density at radius 3 is 2.48 bits per heavy atom. The molecule has 0 aromatic heterocycles. The van der Waals surface area contributed by atoms with Gasteiger partial charge in [0.05, 0.1) is 13.7 Å². The smallest absolute Gasteiger partial charge is 0.334 e. The van der Waals surface area contributed by atoms with E-state index in [1.807, 2.05) is 0 Å². The minimum Gasteiger partial charge on any atom is -0.467 e. The first-order valence-corrected chi connectivity index (χ1v) is 6.44. The van der Waals surface area contributed by atoms with Crippen LogP contribution in [0.4, 0.5) is 0 Å². The summed E-state index contributed by atoms with van der Waals surface area (Å²) < 4.78 is 14.9. The van der Waals surface area contributed by atoms with E-state index in [1.54, 1.807) is 0 Å². The number of hydrogen-bond acceptors (Lipinski definition) is 8. The SMILES string of the molecule is COC(=O)[C@H](C)O[C@H]1[C@H](O)[C@@H](CO)O[C@H](O)[C@@H]1NC(C)=O. The van der Waals surface area contributed by atoms with Gasteiger partial charge in [-0.2, -0.15) is 0 Å². The van der Waals surface area contributed by atoms with E-state index < -0.39 is 55.2 Å². The Kier molecular flexibility index (Phi) is 6.49. The molecule has 0 saturated carbocycles. The molecule has 9 nitrogen and oxygen atoms in total. The van der Waals surface area contributed by atoms with Crippen molar-refractivity contribution in [3.63, 3.8) is 0 Å². The van der Waals surface area contributed by atoms with Gasteiger partial charge in [-0.05, 0) is 6.92 Å². The van der Waals surface area contributed by atoms with Crippen molar-refractivity contribution in [1.82, 2.24) is 5.32 Å². The predicted octanol–water partition coefficient (Wildman–Crippen LogP) is -2.49. The first kappa shape index (κ1) is 17.8. The lowest BCUT2D eigenvalue weighted by molar-refractivity contribution is -0.267. The van der Waals surface area contributed by atoms with Crippen LogP contribution in [0.1, 0.15) is 13.8 Å². The molecule has 1 saturated heterocycles. The van der Waals surface area contributed by atoms with Gasteiger partial charge in [-0.1, -0.05) is 0 Å². The number of ether oxygens (including phenoxy) is 3. The summed E-state index contributed by atoms with van der Waals surface area (Å²) in [6.07, 6.45) is -6.12. The zero-order chi connectivity index (χ0) is 16.2. The van der Waals surface area contributed by atoms with Crippen LogP contribution in [0.2, 0.25) is 0 Å². The number of hydrogen-bond donors (Lipinski definition) is 4. The molecule has 1 fully saturated rings. The van der Waals surface area contributed by atoms with Gasteiger partial charge in [0.2, 0.25) is 5.91 Å². The molecule has 1 aliphatic heterocycles. The van der Waals surface area contributed by atoms with E-state index in [-0.39, 0.29) is 0 Å². The molecule has 0 bridgehead atoms. The summed E-state index contributed by atoms with van der Waals surface area (Å²) in [5, 5.41) is 31.5. The van der Waals surface area contributed by atoms with E-state index in [0.29, 0.717) is 0 Å². The van der Waals surface area contributed by atoms with Crippen molar-refractivity contribution in [3.05, 3.63) is 0 Å². The Morgan fingerprint density at radius 1 is 1.38 bits per heavy atom. The lowest BCUT2D eigenvalue weighted by Crippen LogP contribution is -2.65. The number of nitrogens with one attached hydrogen (secondary N) is 1. The molecule has 0 radical (unpaired) electrons. The van der Waals surface area contributed by atoms with Crippen LogP contribution in [0.25, 0.3) is 0 Å². The maximum atomic E-state index is 11.4. The Balaban J connectivity index is 2.92. The molecule has 1 heterocycles. The number of rotatable bonds is 5. The summed E-state index contributed by atoms with van der Waals surface area (Å²) in [5.74, 6) is -1.15. The lowest BCUT2D eigenvalue weighted by atomic mass is 9.96. The summed E-state index contributed by atoms with van der Waals surface area (Å²) in [7, 11) is 1.18. The molecule has 122 valence electrons. The van der Waals surface area contributed by atoms with Crippen LogP contribution in [0, 0.1) is 0 Å². The minimum atomic E-state index is -1.50. The minimum absolute atomic E-state index is 0.475. The maximum Gasteiger partial charge on any atom is 0.334 e. The van der Waals surface area contributed by atoms with Crippen LogP contribution >= 0.6 is 0 Å². The van der Waals surface area contributed by atoms with Crippen molar-refractivity contribution in [2.45, 2.75) is 50.6 Å². The third kappa shape index (κ3) is 4.35. The van der Waals surface area contributed by atoms with Crippen molar-refractivity contribution in [2.75, 3.05) is 13.7 Å². The lowest BCUT2D eigenvalue weighted by Gasteiger charge is -2.43. The van der Waals surface area contributed by atoms with E-state index in [4.69, 9.17) is 14.6 Å². The Hall–Kier alpha value is -1.26. The number of aliphatic hydroxyl groups is 3. The molecule has 4 N–H and O–H groups in total. The highest BCUT2D eigenvalue weighted by Gasteiger charge is 2.46. The average Bonchev–Trinajstić information content (AvgIpc) is 2.44. The molecule has 0 aliphatic carbocycles. The van der Waals surface area contributed by atoms with E-state index in [0.717, 1.165) is 0 Å². The standard InChI is InChI=1S/C12H21NO8/c1-5(11(17)19-3)20-10-8(13-6(2)15)12(18)21-7(4-14)9(10)16/h5,7-10,12,14,16,18H,4H2,1-3H3,(H,13,15)/t5-,7+,8+,9+,10+,12-/m0/s1. The number of esters is 1. The Labute approximate surface area is 121 Å². The zero-order valence-corrected chi connectivity index (χ0v) is 12.1. The third-order valence-corrected chi connectivity index (χ3v) is 3.14. The highest BCUT2D eigenvalue weighted by Crippen LogP contribution is 2.23. The van der Waals surface area contributed by atoms with E-state index in [2.05, 4.69) is 10.1 Å². The number of aliphatic hydroxyl groups excluding tert-OH is 3. The van der Waals surface area contributed by atoms with Crippen molar-refractivity contribution in [1.29, 1.82) is 0 Å². The second kappa shape index (κ2) is 7.66. The summed E-state index contributed by atoms with van der Waals surface area (Å²) in [6, 6.07) is -1.09. The highest BCUT2D eigenvalue weighted by atomic mass is 16.6. The Morgan fingerprint density at radius 2 is 2.00 bits per heavy atom. The Bertz CT molecular complexity index is 376. The predicted molar refractivity (Wildman–Crippen MR) is 67.9 cm³/mol. The second-order valence-electron chi connectivity index (χ2n) is 4.73. The number of carbonyl (C=O) groups is 2. The van der Waals surface area contributed by atoms with E-state index in [1.165, 1.54) is 21.0 Å². The molecule has 21 heavy (non-hydrogen) atoms. The van der Waals surface area contributed by atoms with Crippen molar-refractivity contribution < 1.29 is 39.1 Å². The van der Waals surface area contributed by atoms with Crippen LogP contribution < -0.4 is 5.32 Å².